The van der Waals surface area contributed by atoms with Gasteiger partial charge in [0.25, 0.3) is 0 Å². The van der Waals surface area contributed by atoms with Crippen molar-refractivity contribution >= 4 is 11.7 Å². The first-order chi connectivity index (χ1) is 7.52. The Hall–Kier alpha value is -1.71. The Balaban J connectivity index is 2.86. The summed E-state index contributed by atoms with van der Waals surface area (Å²) in [6.45, 7) is 4.03. The Morgan fingerprint density at radius 2 is 2.06 bits per heavy atom. The molecule has 4 heteroatoms. The number of aromatic nitrogens is 1. The number of nitrogens with zero attached hydrogens (tertiary/aromatic N) is 1. The monoisotopic (exact) mass is 220 g/mol. The van der Waals surface area contributed by atoms with Gasteiger partial charge in [0.1, 0.15) is 0 Å². The van der Waals surface area contributed by atoms with E-state index in [0.29, 0.717) is 5.56 Å². The fraction of sp³-hybridized carbons (Fsp3) is 0.417. The van der Waals surface area contributed by atoms with Gasteiger partial charge in [-0.1, -0.05) is 13.8 Å². The van der Waals surface area contributed by atoms with Crippen molar-refractivity contribution in [2.75, 3.05) is 0 Å². The summed E-state index contributed by atoms with van der Waals surface area (Å²) in [6.07, 6.45) is 3.46. The summed E-state index contributed by atoms with van der Waals surface area (Å²) in [5.74, 6) is -0.269. The summed E-state index contributed by atoms with van der Waals surface area (Å²) in [5.41, 5.74) is 6.57. The molecule has 0 radical (unpaired) electrons. The van der Waals surface area contributed by atoms with Gasteiger partial charge in [0.15, 0.2) is 5.78 Å². The molecule has 2 N–H and O–H groups in total. The number of Topliss-reactive ketones (excluding diaryl/α,β-unsaturated/α-hetero) is 1. The number of primary amides is 1. The topological polar surface area (TPSA) is 73.1 Å². The zero-order valence-electron chi connectivity index (χ0n) is 9.56. The number of amides is 1. The fourth-order valence-electron chi connectivity index (χ4n) is 1.51. The number of carbonyl (C=O) groups is 2. The Kier molecular flexibility index (Phi) is 4.17. The van der Waals surface area contributed by atoms with Crippen LogP contribution in [0, 0.1) is 0 Å². The van der Waals surface area contributed by atoms with E-state index in [4.69, 9.17) is 5.73 Å². The fourth-order valence-corrected chi connectivity index (χ4v) is 1.51. The highest BCUT2D eigenvalue weighted by Crippen LogP contribution is 2.19. The van der Waals surface area contributed by atoms with E-state index in [9.17, 15) is 9.59 Å². The summed E-state index contributed by atoms with van der Waals surface area (Å²) in [7, 11) is 0. The average Bonchev–Trinajstić information content (AvgIpc) is 2.25. The maximum atomic E-state index is 11.8. The second kappa shape index (κ2) is 5.39. The van der Waals surface area contributed by atoms with E-state index in [0.717, 1.165) is 5.56 Å². The van der Waals surface area contributed by atoms with Gasteiger partial charge in [-0.2, -0.15) is 0 Å². The van der Waals surface area contributed by atoms with Crippen LogP contribution in [0.15, 0.2) is 18.5 Å². The minimum absolute atomic E-state index is 0.0735. The molecule has 16 heavy (non-hydrogen) atoms. The molecule has 4 nitrogen and oxygen atoms in total. The van der Waals surface area contributed by atoms with Crippen molar-refractivity contribution < 1.29 is 9.59 Å². The Labute approximate surface area is 94.9 Å². The smallest absolute Gasteiger partial charge is 0.217 e. The van der Waals surface area contributed by atoms with Crippen LogP contribution >= 0.6 is 0 Å². The lowest BCUT2D eigenvalue weighted by Gasteiger charge is -2.10. The van der Waals surface area contributed by atoms with E-state index < -0.39 is 5.91 Å². The molecule has 0 aliphatic heterocycles. The molecule has 0 unspecified atom stereocenters. The van der Waals surface area contributed by atoms with Gasteiger partial charge in [0, 0.05) is 30.8 Å². The SMILES string of the molecule is CC(C)c1ccncc1C(=O)CCC(N)=O. The van der Waals surface area contributed by atoms with Gasteiger partial charge in [-0.15, -0.1) is 0 Å². The van der Waals surface area contributed by atoms with Crippen LogP contribution < -0.4 is 5.73 Å². The highest BCUT2D eigenvalue weighted by molar-refractivity contribution is 5.98. The molecule has 1 amide bonds. The summed E-state index contributed by atoms with van der Waals surface area (Å²) >= 11 is 0. The largest absolute Gasteiger partial charge is 0.370 e. The van der Waals surface area contributed by atoms with Gasteiger partial charge in [0.2, 0.25) is 5.91 Å². The zero-order chi connectivity index (χ0) is 12.1. The van der Waals surface area contributed by atoms with Crippen LogP contribution in [-0.4, -0.2) is 16.7 Å². The molecule has 0 spiro atoms. The second-order valence-corrected chi connectivity index (χ2v) is 4.01. The molecule has 0 saturated heterocycles. The van der Waals surface area contributed by atoms with Crippen molar-refractivity contribution in [1.82, 2.24) is 4.98 Å². The molecule has 0 saturated carbocycles. The van der Waals surface area contributed by atoms with Crippen LogP contribution in [0.25, 0.3) is 0 Å². The maximum Gasteiger partial charge on any atom is 0.217 e. The molecule has 1 rings (SSSR count). The van der Waals surface area contributed by atoms with Gasteiger partial charge in [-0.3, -0.25) is 14.6 Å². The highest BCUT2D eigenvalue weighted by Gasteiger charge is 2.14. The Bertz CT molecular complexity index is 400. The summed E-state index contributed by atoms with van der Waals surface area (Å²) < 4.78 is 0. The van der Waals surface area contributed by atoms with E-state index in [1.54, 1.807) is 12.4 Å². The van der Waals surface area contributed by atoms with E-state index in [-0.39, 0.29) is 24.5 Å². The lowest BCUT2D eigenvalue weighted by atomic mass is 9.95. The van der Waals surface area contributed by atoms with Crippen molar-refractivity contribution in [3.63, 3.8) is 0 Å². The standard InChI is InChI=1S/C12H16N2O2/c1-8(2)9-5-6-14-7-10(9)11(15)3-4-12(13)16/h5-8H,3-4H2,1-2H3,(H2,13,16). The number of nitrogens with two attached hydrogens (primary N) is 1. The number of rotatable bonds is 5. The quantitative estimate of drug-likeness (QED) is 0.767. The third kappa shape index (κ3) is 3.15. The number of hydrogen-bond donors (Lipinski definition) is 1. The zero-order valence-corrected chi connectivity index (χ0v) is 9.56. The molecular formula is C12H16N2O2. The average molecular weight is 220 g/mol. The van der Waals surface area contributed by atoms with Gasteiger partial charge in [0.05, 0.1) is 0 Å². The van der Waals surface area contributed by atoms with Crippen LogP contribution in [0.3, 0.4) is 0 Å². The molecule has 86 valence electrons. The third-order valence-electron chi connectivity index (χ3n) is 2.38. The number of ketones is 1. The van der Waals surface area contributed by atoms with Crippen LogP contribution in [0.5, 0.6) is 0 Å². The normalized spacial score (nSPS) is 10.4. The van der Waals surface area contributed by atoms with Gasteiger partial charge in [-0.05, 0) is 17.5 Å². The minimum Gasteiger partial charge on any atom is -0.370 e. The predicted molar refractivity (Wildman–Crippen MR) is 61.1 cm³/mol. The first kappa shape index (κ1) is 12.4. The summed E-state index contributed by atoms with van der Waals surface area (Å²) in [6, 6.07) is 1.84. The van der Waals surface area contributed by atoms with E-state index in [1.807, 2.05) is 19.9 Å². The van der Waals surface area contributed by atoms with E-state index in [2.05, 4.69) is 4.98 Å². The van der Waals surface area contributed by atoms with Crippen LogP contribution in [-0.2, 0) is 4.79 Å². The van der Waals surface area contributed by atoms with Crippen molar-refractivity contribution in [1.29, 1.82) is 0 Å². The maximum absolute atomic E-state index is 11.8. The molecule has 1 aromatic heterocycles. The van der Waals surface area contributed by atoms with Gasteiger partial charge in [-0.25, -0.2) is 0 Å². The minimum atomic E-state index is -0.455. The number of hydrogen-bond acceptors (Lipinski definition) is 3. The molecule has 0 aliphatic carbocycles. The molecule has 0 aromatic carbocycles. The van der Waals surface area contributed by atoms with Crippen molar-refractivity contribution in [3.8, 4) is 0 Å². The Morgan fingerprint density at radius 3 is 2.62 bits per heavy atom. The van der Waals surface area contributed by atoms with Crippen molar-refractivity contribution in [2.45, 2.75) is 32.6 Å². The van der Waals surface area contributed by atoms with Crippen LogP contribution in [0.2, 0.25) is 0 Å². The number of carbonyl (C=O) groups excluding carboxylic acids is 2. The molecule has 1 aromatic rings. The van der Waals surface area contributed by atoms with E-state index in [1.165, 1.54) is 0 Å². The first-order valence-electron chi connectivity index (χ1n) is 5.27. The van der Waals surface area contributed by atoms with Crippen molar-refractivity contribution in [3.05, 3.63) is 29.6 Å². The number of pyridine rings is 1. The predicted octanol–water partition coefficient (Wildman–Crippen LogP) is 1.65. The summed E-state index contributed by atoms with van der Waals surface area (Å²) in [5, 5.41) is 0. The molecule has 0 atom stereocenters. The third-order valence-corrected chi connectivity index (χ3v) is 2.38. The summed E-state index contributed by atoms with van der Waals surface area (Å²) in [4.78, 5) is 26.4. The Morgan fingerprint density at radius 1 is 1.38 bits per heavy atom. The van der Waals surface area contributed by atoms with Crippen LogP contribution in [0.1, 0.15) is 48.5 Å². The molecular weight excluding hydrogens is 204 g/mol. The second-order valence-electron chi connectivity index (χ2n) is 4.01. The van der Waals surface area contributed by atoms with Gasteiger partial charge >= 0.3 is 0 Å². The van der Waals surface area contributed by atoms with E-state index >= 15 is 0 Å². The molecule has 1 heterocycles. The lowest BCUT2D eigenvalue weighted by Crippen LogP contribution is -2.14. The molecule has 0 aliphatic rings. The lowest BCUT2D eigenvalue weighted by molar-refractivity contribution is -0.118. The van der Waals surface area contributed by atoms with Crippen LogP contribution in [0.4, 0.5) is 0 Å². The highest BCUT2D eigenvalue weighted by atomic mass is 16.1. The molecule has 0 bridgehead atoms. The first-order valence-corrected chi connectivity index (χ1v) is 5.27. The molecule has 0 fully saturated rings. The van der Waals surface area contributed by atoms with Crippen molar-refractivity contribution in [2.24, 2.45) is 5.73 Å². The van der Waals surface area contributed by atoms with Gasteiger partial charge < -0.3 is 5.73 Å².